The highest BCUT2D eigenvalue weighted by atomic mass is 35.5. The van der Waals surface area contributed by atoms with E-state index in [-0.39, 0.29) is 44.9 Å². The van der Waals surface area contributed by atoms with Gasteiger partial charge < -0.3 is 19.7 Å². The van der Waals surface area contributed by atoms with Crippen molar-refractivity contribution in [3.8, 4) is 67.5 Å². The number of aromatic hydroxyl groups is 2. The van der Waals surface area contributed by atoms with Gasteiger partial charge in [0, 0.05) is 54.6 Å². The van der Waals surface area contributed by atoms with E-state index in [4.69, 9.17) is 32.7 Å². The van der Waals surface area contributed by atoms with Gasteiger partial charge in [0.2, 0.25) is 0 Å². The van der Waals surface area contributed by atoms with Gasteiger partial charge in [0.05, 0.1) is 14.2 Å². The van der Waals surface area contributed by atoms with E-state index in [2.05, 4.69) is 0 Å². The molecule has 0 amide bonds. The van der Waals surface area contributed by atoms with E-state index in [1.165, 1.54) is 44.6 Å². The molecule has 0 saturated carbocycles. The third kappa shape index (κ3) is 7.20. The van der Waals surface area contributed by atoms with Gasteiger partial charge in [0.15, 0.2) is 0 Å². The van der Waals surface area contributed by atoms with Gasteiger partial charge in [0.1, 0.15) is 46.3 Å². The number of hydrogen-bond acceptors (Lipinski definition) is 4. The van der Waals surface area contributed by atoms with Crippen LogP contribution < -0.4 is 9.47 Å². The highest BCUT2D eigenvalue weighted by Crippen LogP contribution is 2.40. The van der Waals surface area contributed by atoms with Crippen molar-refractivity contribution in [2.75, 3.05) is 14.2 Å². The first-order valence-electron chi connectivity index (χ1n) is 14.2. The van der Waals surface area contributed by atoms with Crippen LogP contribution in [0.3, 0.4) is 0 Å². The van der Waals surface area contributed by atoms with Crippen LogP contribution in [0.25, 0.3) is 44.5 Å². The summed E-state index contributed by atoms with van der Waals surface area (Å²) < 4.78 is 68.9. The molecular weight excluding hydrogens is 667 g/mol. The van der Waals surface area contributed by atoms with Crippen molar-refractivity contribution in [3.63, 3.8) is 0 Å². The lowest BCUT2D eigenvalue weighted by Crippen LogP contribution is -1.95. The van der Waals surface area contributed by atoms with Gasteiger partial charge in [-0.3, -0.25) is 0 Å². The summed E-state index contributed by atoms with van der Waals surface area (Å²) in [6.07, 6.45) is 0. The summed E-state index contributed by atoms with van der Waals surface area (Å²) in [7, 11) is 2.95. The normalized spacial score (nSPS) is 10.7. The van der Waals surface area contributed by atoms with Crippen LogP contribution in [0, 0.1) is 23.3 Å². The molecule has 0 atom stereocenters. The Hall–Kier alpha value is -5.18. The van der Waals surface area contributed by atoms with Gasteiger partial charge in [-0.05, 0) is 72.8 Å². The molecule has 0 aliphatic heterocycles. The molecule has 0 radical (unpaired) electrons. The first-order valence-corrected chi connectivity index (χ1v) is 15.0. The third-order valence-electron chi connectivity index (χ3n) is 7.41. The molecule has 0 aromatic heterocycles. The molecule has 48 heavy (non-hydrogen) atoms. The molecule has 0 aliphatic rings. The van der Waals surface area contributed by atoms with Crippen molar-refractivity contribution in [1.29, 1.82) is 0 Å². The van der Waals surface area contributed by atoms with E-state index >= 15 is 0 Å². The molecular formula is C38H26Cl2F4O4. The molecule has 0 unspecified atom stereocenters. The summed E-state index contributed by atoms with van der Waals surface area (Å²) in [5.74, 6) is -2.08. The van der Waals surface area contributed by atoms with Crippen LogP contribution in [0.5, 0.6) is 23.0 Å². The molecule has 0 saturated heterocycles. The van der Waals surface area contributed by atoms with Crippen LogP contribution in [0.4, 0.5) is 17.6 Å². The predicted molar refractivity (Wildman–Crippen MR) is 181 cm³/mol. The van der Waals surface area contributed by atoms with Crippen molar-refractivity contribution in [3.05, 3.63) is 143 Å². The van der Waals surface area contributed by atoms with Crippen molar-refractivity contribution in [2.24, 2.45) is 0 Å². The van der Waals surface area contributed by atoms with Crippen LogP contribution in [0.15, 0.2) is 109 Å². The quantitative estimate of drug-likeness (QED) is 0.171. The Balaban J connectivity index is 0.000000188. The minimum absolute atomic E-state index is 0.0640. The van der Waals surface area contributed by atoms with Crippen LogP contribution in [-0.2, 0) is 0 Å². The summed E-state index contributed by atoms with van der Waals surface area (Å²) in [6.45, 7) is 0. The SMILES string of the molecule is COc1ccccc1-c1cc(F)c(-c2cc(Cl)ccc2OC)cc1F.Oc1ccccc1-c1cc(F)c(-c2cc(Cl)ccc2O)cc1F. The number of benzene rings is 6. The van der Waals surface area contributed by atoms with Crippen molar-refractivity contribution < 1.29 is 37.2 Å². The summed E-state index contributed by atoms with van der Waals surface area (Å²) >= 11 is 11.8. The topological polar surface area (TPSA) is 58.9 Å². The molecule has 0 spiro atoms. The fourth-order valence-electron chi connectivity index (χ4n) is 5.10. The minimum atomic E-state index is -0.734. The van der Waals surface area contributed by atoms with Gasteiger partial charge >= 0.3 is 0 Å². The number of halogens is 6. The van der Waals surface area contributed by atoms with E-state index < -0.39 is 23.3 Å². The highest BCUT2D eigenvalue weighted by Gasteiger charge is 2.19. The Morgan fingerprint density at radius 3 is 1.38 bits per heavy atom. The number of ether oxygens (including phenoxy) is 2. The standard InChI is InChI=1S/C20H15ClF2O2.C18H11ClF2O2/c1-24-19-6-4-3-5-13(19)14-10-18(23)15(11-17(14)22)16-9-12(21)7-8-20(16)25-2;19-10-5-6-18(23)14(7-10)13-9-15(20)12(8-16(13)21)11-3-1-2-4-17(11)22/h3-11H,1-2H3;1-9,22-23H. The molecule has 6 aromatic rings. The second-order valence-corrected chi connectivity index (χ2v) is 11.2. The zero-order valence-electron chi connectivity index (χ0n) is 25.4. The van der Waals surface area contributed by atoms with E-state index in [1.807, 2.05) is 0 Å². The lowest BCUT2D eigenvalue weighted by Gasteiger charge is -2.13. The average Bonchev–Trinajstić information content (AvgIpc) is 3.08. The zero-order valence-corrected chi connectivity index (χ0v) is 26.9. The van der Waals surface area contributed by atoms with Gasteiger partial charge in [-0.25, -0.2) is 17.6 Å². The first kappa shape index (κ1) is 34.2. The second-order valence-electron chi connectivity index (χ2n) is 10.3. The first-order chi connectivity index (χ1) is 23.0. The zero-order chi connectivity index (χ0) is 34.5. The summed E-state index contributed by atoms with van der Waals surface area (Å²) in [5.41, 5.74) is 1.18. The molecule has 0 aliphatic carbocycles. The van der Waals surface area contributed by atoms with Gasteiger partial charge in [0.25, 0.3) is 0 Å². The van der Waals surface area contributed by atoms with E-state index in [9.17, 15) is 27.8 Å². The van der Waals surface area contributed by atoms with E-state index in [0.717, 1.165) is 24.3 Å². The lowest BCUT2D eigenvalue weighted by molar-refractivity contribution is 0.415. The van der Waals surface area contributed by atoms with Crippen molar-refractivity contribution in [2.45, 2.75) is 0 Å². The molecule has 2 N–H and O–H groups in total. The molecule has 244 valence electrons. The monoisotopic (exact) mass is 692 g/mol. The van der Waals surface area contributed by atoms with E-state index in [0.29, 0.717) is 32.7 Å². The summed E-state index contributed by atoms with van der Waals surface area (Å²) in [6, 6.07) is 26.1. The molecule has 10 heteroatoms. The Kier molecular flexibility index (Phi) is 10.5. The molecule has 0 fully saturated rings. The van der Waals surface area contributed by atoms with Crippen LogP contribution in [0.1, 0.15) is 0 Å². The number of methoxy groups -OCH3 is 2. The predicted octanol–water partition coefficient (Wildman–Crippen LogP) is 11.3. The van der Waals surface area contributed by atoms with Crippen molar-refractivity contribution >= 4 is 23.2 Å². The molecule has 6 rings (SSSR count). The third-order valence-corrected chi connectivity index (χ3v) is 7.88. The number of hydrogen-bond donors (Lipinski definition) is 2. The van der Waals surface area contributed by atoms with Gasteiger partial charge in [-0.15, -0.1) is 0 Å². The number of phenols is 2. The highest BCUT2D eigenvalue weighted by molar-refractivity contribution is 6.31. The Bertz CT molecular complexity index is 2120. The lowest BCUT2D eigenvalue weighted by atomic mass is 9.98. The molecule has 0 heterocycles. The Labute approximate surface area is 284 Å². The smallest absolute Gasteiger partial charge is 0.131 e. The maximum absolute atomic E-state index is 14.8. The summed E-state index contributed by atoms with van der Waals surface area (Å²) in [5, 5.41) is 20.3. The fraction of sp³-hybridized carbons (Fsp3) is 0.0526. The average molecular weight is 694 g/mol. The Morgan fingerprint density at radius 2 is 0.812 bits per heavy atom. The van der Waals surface area contributed by atoms with Crippen LogP contribution in [-0.4, -0.2) is 24.4 Å². The van der Waals surface area contributed by atoms with Crippen molar-refractivity contribution in [1.82, 2.24) is 0 Å². The van der Waals surface area contributed by atoms with Crippen LogP contribution >= 0.6 is 23.2 Å². The van der Waals surface area contributed by atoms with Crippen LogP contribution in [0.2, 0.25) is 10.0 Å². The second kappa shape index (κ2) is 14.7. The summed E-state index contributed by atoms with van der Waals surface area (Å²) in [4.78, 5) is 0. The van der Waals surface area contributed by atoms with Gasteiger partial charge in [-0.1, -0.05) is 59.6 Å². The Morgan fingerprint density at radius 1 is 0.417 bits per heavy atom. The molecule has 6 aromatic carbocycles. The maximum atomic E-state index is 14.8. The minimum Gasteiger partial charge on any atom is -0.507 e. The maximum Gasteiger partial charge on any atom is 0.131 e. The number of rotatable bonds is 6. The fourth-order valence-corrected chi connectivity index (χ4v) is 5.45. The number of phenolic OH excluding ortho intramolecular Hbond substituents is 2. The largest absolute Gasteiger partial charge is 0.507 e. The number of para-hydroxylation sites is 2. The van der Waals surface area contributed by atoms with Gasteiger partial charge in [-0.2, -0.15) is 0 Å². The van der Waals surface area contributed by atoms with E-state index in [1.54, 1.807) is 54.6 Å². The molecule has 0 bridgehead atoms. The molecule has 4 nitrogen and oxygen atoms in total.